The highest BCUT2D eigenvalue weighted by Crippen LogP contribution is 2.26. The van der Waals surface area contributed by atoms with Crippen molar-refractivity contribution in [3.05, 3.63) is 30.4 Å². The predicted octanol–water partition coefficient (Wildman–Crippen LogP) is 1.73. The molecule has 2 fully saturated rings. The number of likely N-dealkylation sites (tertiary alicyclic amines) is 1. The minimum Gasteiger partial charge on any atom is -0.303 e. The van der Waals surface area contributed by atoms with Gasteiger partial charge in [0.15, 0.2) is 15.7 Å². The second-order valence-corrected chi connectivity index (χ2v) is 9.47. The normalized spacial score (nSPS) is 23.3. The third-order valence-electron chi connectivity index (χ3n) is 5.29. The van der Waals surface area contributed by atoms with Gasteiger partial charge in [-0.3, -0.25) is 4.98 Å². The fraction of sp³-hybridized carbons (Fsp3) is 0.611. The molecule has 2 aromatic rings. The summed E-state index contributed by atoms with van der Waals surface area (Å²) in [4.78, 5) is 11.3. The van der Waals surface area contributed by atoms with Gasteiger partial charge in [-0.2, -0.15) is 5.10 Å². The molecule has 140 valence electrons. The lowest BCUT2D eigenvalue weighted by molar-refractivity contribution is 0.228. The Labute approximate surface area is 154 Å². The summed E-state index contributed by atoms with van der Waals surface area (Å²) in [5.41, 5.74) is 0.916. The van der Waals surface area contributed by atoms with Gasteiger partial charge in [-0.05, 0) is 44.5 Å². The van der Waals surface area contributed by atoms with Crippen LogP contribution in [0.15, 0.2) is 24.5 Å². The van der Waals surface area contributed by atoms with E-state index in [1.807, 2.05) is 16.8 Å². The largest absolute Gasteiger partial charge is 0.303 e. The lowest BCUT2D eigenvalue weighted by Crippen LogP contribution is -2.32. The number of sulfone groups is 1. The fourth-order valence-corrected chi connectivity index (χ4v) is 5.54. The van der Waals surface area contributed by atoms with E-state index in [0.717, 1.165) is 37.4 Å². The van der Waals surface area contributed by atoms with Gasteiger partial charge >= 0.3 is 0 Å². The van der Waals surface area contributed by atoms with E-state index >= 15 is 0 Å². The molecule has 1 atom stereocenters. The monoisotopic (exact) mass is 375 g/mol. The zero-order valence-electron chi connectivity index (χ0n) is 14.9. The topological polar surface area (TPSA) is 81.0 Å². The lowest BCUT2D eigenvalue weighted by Gasteiger charge is -2.26. The van der Waals surface area contributed by atoms with Crippen molar-refractivity contribution in [2.24, 2.45) is 0 Å². The van der Waals surface area contributed by atoms with Crippen molar-refractivity contribution in [2.75, 3.05) is 31.1 Å². The van der Waals surface area contributed by atoms with Crippen LogP contribution in [0, 0.1) is 0 Å². The van der Waals surface area contributed by atoms with Gasteiger partial charge in [-0.25, -0.2) is 18.1 Å². The highest BCUT2D eigenvalue weighted by molar-refractivity contribution is 7.91. The minimum absolute atomic E-state index is 0.0977. The Morgan fingerprint density at radius 1 is 1.12 bits per heavy atom. The Balaban J connectivity index is 1.58. The van der Waals surface area contributed by atoms with Crippen molar-refractivity contribution >= 4 is 9.84 Å². The Hall–Kier alpha value is -1.80. The summed E-state index contributed by atoms with van der Waals surface area (Å²) >= 11 is 0. The third kappa shape index (κ3) is 3.96. The molecule has 7 nitrogen and oxygen atoms in total. The van der Waals surface area contributed by atoms with Crippen LogP contribution in [0.2, 0.25) is 0 Å². The molecule has 0 radical (unpaired) electrons. The number of hydrogen-bond acceptors (Lipinski definition) is 6. The molecule has 0 amide bonds. The van der Waals surface area contributed by atoms with Gasteiger partial charge in [-0.1, -0.05) is 6.42 Å². The van der Waals surface area contributed by atoms with Crippen molar-refractivity contribution in [3.8, 4) is 11.4 Å². The van der Waals surface area contributed by atoms with Gasteiger partial charge < -0.3 is 4.90 Å². The Morgan fingerprint density at radius 3 is 2.58 bits per heavy atom. The maximum atomic E-state index is 11.9. The van der Waals surface area contributed by atoms with E-state index in [1.165, 1.54) is 19.3 Å². The zero-order chi connectivity index (χ0) is 18.0. The molecule has 2 aliphatic rings. The van der Waals surface area contributed by atoms with E-state index in [1.54, 1.807) is 12.4 Å². The van der Waals surface area contributed by atoms with E-state index in [-0.39, 0.29) is 17.5 Å². The summed E-state index contributed by atoms with van der Waals surface area (Å²) in [6, 6.07) is 3.68. The maximum absolute atomic E-state index is 11.9. The number of piperidine rings is 1. The molecule has 2 aromatic heterocycles. The molecule has 0 bridgehead atoms. The number of aromatic nitrogens is 4. The fourth-order valence-electron chi connectivity index (χ4n) is 3.85. The van der Waals surface area contributed by atoms with Gasteiger partial charge in [0.05, 0.1) is 17.5 Å². The molecule has 26 heavy (non-hydrogen) atoms. The van der Waals surface area contributed by atoms with Crippen molar-refractivity contribution < 1.29 is 8.42 Å². The Morgan fingerprint density at radius 2 is 1.88 bits per heavy atom. The van der Waals surface area contributed by atoms with Crippen LogP contribution in [0.4, 0.5) is 0 Å². The van der Waals surface area contributed by atoms with Crippen molar-refractivity contribution in [3.63, 3.8) is 0 Å². The SMILES string of the molecule is O=S1(=O)CCC(n2nc(-c3ccncc3)nc2CCN2CCCCC2)C1. The highest BCUT2D eigenvalue weighted by atomic mass is 32.2. The molecule has 8 heteroatoms. The molecule has 2 saturated heterocycles. The van der Waals surface area contributed by atoms with Crippen molar-refractivity contribution in [1.82, 2.24) is 24.6 Å². The second kappa shape index (κ2) is 7.44. The van der Waals surface area contributed by atoms with Crippen LogP contribution >= 0.6 is 0 Å². The molecular formula is C18H25N5O2S. The molecule has 4 heterocycles. The number of rotatable bonds is 5. The second-order valence-electron chi connectivity index (χ2n) is 7.24. The molecule has 1 unspecified atom stereocenters. The van der Waals surface area contributed by atoms with Crippen LogP contribution in [0.1, 0.15) is 37.5 Å². The lowest BCUT2D eigenvalue weighted by atomic mass is 10.1. The molecular weight excluding hydrogens is 350 g/mol. The predicted molar refractivity (Wildman–Crippen MR) is 99.6 cm³/mol. The van der Waals surface area contributed by atoms with Gasteiger partial charge in [-0.15, -0.1) is 0 Å². The third-order valence-corrected chi connectivity index (χ3v) is 7.05. The standard InChI is InChI=1S/C18H25N5O2S/c24-26(25)13-7-16(14-26)23-17(6-12-22-10-2-1-3-11-22)20-18(21-23)15-4-8-19-9-5-15/h4-5,8-9,16H,1-3,6-7,10-14H2. The van der Waals surface area contributed by atoms with E-state index in [2.05, 4.69) is 15.0 Å². The quantitative estimate of drug-likeness (QED) is 0.792. The van der Waals surface area contributed by atoms with E-state index in [4.69, 9.17) is 4.98 Å². The van der Waals surface area contributed by atoms with Crippen LogP contribution in [0.5, 0.6) is 0 Å². The van der Waals surface area contributed by atoms with Crippen molar-refractivity contribution in [1.29, 1.82) is 0 Å². The van der Waals surface area contributed by atoms with Gasteiger partial charge in [0.2, 0.25) is 0 Å². The first kappa shape index (κ1) is 17.6. The average molecular weight is 375 g/mol. The number of hydrogen-bond donors (Lipinski definition) is 0. The molecule has 2 aliphatic heterocycles. The van der Waals surface area contributed by atoms with Crippen LogP contribution in [-0.4, -0.2) is 64.2 Å². The van der Waals surface area contributed by atoms with Crippen LogP contribution in [0.3, 0.4) is 0 Å². The summed E-state index contributed by atoms with van der Waals surface area (Å²) < 4.78 is 25.7. The summed E-state index contributed by atoms with van der Waals surface area (Å²) in [6.45, 7) is 3.24. The molecule has 0 saturated carbocycles. The summed E-state index contributed by atoms with van der Waals surface area (Å²) in [5.74, 6) is 1.96. The Bertz CT molecular complexity index is 844. The van der Waals surface area contributed by atoms with Gasteiger partial charge in [0.1, 0.15) is 5.82 Å². The minimum atomic E-state index is -2.96. The smallest absolute Gasteiger partial charge is 0.181 e. The van der Waals surface area contributed by atoms with Crippen LogP contribution in [-0.2, 0) is 16.3 Å². The van der Waals surface area contributed by atoms with E-state index in [9.17, 15) is 8.42 Å². The number of nitrogens with zero attached hydrogens (tertiary/aromatic N) is 5. The Kier molecular flexibility index (Phi) is 5.04. The summed E-state index contributed by atoms with van der Waals surface area (Å²) in [6.07, 6.45) is 8.71. The molecule has 0 spiro atoms. The van der Waals surface area contributed by atoms with Gasteiger partial charge in [0.25, 0.3) is 0 Å². The molecule has 4 rings (SSSR count). The van der Waals surface area contributed by atoms with E-state index in [0.29, 0.717) is 12.2 Å². The van der Waals surface area contributed by atoms with Gasteiger partial charge in [0, 0.05) is 30.9 Å². The first-order valence-electron chi connectivity index (χ1n) is 9.39. The van der Waals surface area contributed by atoms with Crippen LogP contribution < -0.4 is 0 Å². The molecule has 0 aliphatic carbocycles. The zero-order valence-corrected chi connectivity index (χ0v) is 15.7. The highest BCUT2D eigenvalue weighted by Gasteiger charge is 2.32. The first-order chi connectivity index (χ1) is 12.6. The first-order valence-corrected chi connectivity index (χ1v) is 11.2. The van der Waals surface area contributed by atoms with Crippen molar-refractivity contribution in [2.45, 2.75) is 38.1 Å². The number of pyridine rings is 1. The van der Waals surface area contributed by atoms with E-state index < -0.39 is 9.84 Å². The molecule has 0 aromatic carbocycles. The van der Waals surface area contributed by atoms with Crippen LogP contribution in [0.25, 0.3) is 11.4 Å². The average Bonchev–Trinajstić information content (AvgIpc) is 3.24. The summed E-state index contributed by atoms with van der Waals surface area (Å²) in [5, 5.41) is 4.69. The maximum Gasteiger partial charge on any atom is 0.181 e. The summed E-state index contributed by atoms with van der Waals surface area (Å²) in [7, 11) is -2.96. The molecule has 0 N–H and O–H groups in total.